The minimum Gasteiger partial charge on any atom is -0.497 e. The van der Waals surface area contributed by atoms with E-state index in [1.54, 1.807) is 42.5 Å². The average molecular weight is 587 g/mol. The lowest BCUT2D eigenvalue weighted by atomic mass is 9.62. The van der Waals surface area contributed by atoms with Crippen LogP contribution in [0.25, 0.3) is 6.08 Å². The van der Waals surface area contributed by atoms with Crippen LogP contribution >= 0.6 is 0 Å². The molecule has 4 atom stereocenters. The summed E-state index contributed by atoms with van der Waals surface area (Å²) >= 11 is 0. The Kier molecular flexibility index (Phi) is 6.50. The molecule has 0 bridgehead atoms. The Hall–Kier alpha value is -5.37. The van der Waals surface area contributed by atoms with Gasteiger partial charge in [-0.1, -0.05) is 54.6 Å². The van der Waals surface area contributed by atoms with Gasteiger partial charge in [-0.3, -0.25) is 14.4 Å². The number of Topliss-reactive ketones (excluding diaryl/α,β-unsaturated/α-hetero) is 2. The van der Waals surface area contributed by atoms with Gasteiger partial charge in [0.05, 0.1) is 33.3 Å². The van der Waals surface area contributed by atoms with Crippen molar-refractivity contribution in [3.8, 4) is 17.2 Å². The zero-order chi connectivity index (χ0) is 30.6. The molecule has 8 nitrogen and oxygen atoms in total. The van der Waals surface area contributed by atoms with E-state index >= 15 is 4.79 Å². The van der Waals surface area contributed by atoms with E-state index < -0.39 is 23.4 Å². The second-order valence-electron chi connectivity index (χ2n) is 11.1. The molecule has 0 unspecified atom stereocenters. The molecular weight excluding hydrogens is 556 g/mol. The number of ether oxygens (including phenoxy) is 3. The topological polar surface area (TPSA) is 94.2 Å². The summed E-state index contributed by atoms with van der Waals surface area (Å²) in [4.78, 5) is 46.3. The zero-order valence-electron chi connectivity index (χ0n) is 24.4. The average Bonchev–Trinajstić information content (AvgIpc) is 3.55. The molecule has 0 saturated carbocycles. The Morgan fingerprint density at radius 3 is 2.32 bits per heavy atom. The Labute approximate surface area is 254 Å². The van der Waals surface area contributed by atoms with Gasteiger partial charge in [0, 0.05) is 23.0 Å². The summed E-state index contributed by atoms with van der Waals surface area (Å²) in [5.74, 6) is -0.702. The summed E-state index contributed by atoms with van der Waals surface area (Å²) in [5.41, 5.74) is 2.37. The van der Waals surface area contributed by atoms with Crippen molar-refractivity contribution in [1.29, 1.82) is 0 Å². The van der Waals surface area contributed by atoms with Gasteiger partial charge >= 0.3 is 0 Å². The predicted molar refractivity (Wildman–Crippen MR) is 165 cm³/mol. The molecule has 3 heterocycles. The summed E-state index contributed by atoms with van der Waals surface area (Å²) in [5, 5.41) is 3.07. The van der Waals surface area contributed by atoms with Gasteiger partial charge < -0.3 is 24.4 Å². The second-order valence-corrected chi connectivity index (χ2v) is 11.1. The van der Waals surface area contributed by atoms with Crippen molar-refractivity contribution in [2.45, 2.75) is 17.5 Å². The van der Waals surface area contributed by atoms with Crippen LogP contribution in [0, 0.1) is 5.92 Å². The molecular formula is C36H30N2O6. The predicted octanol–water partition coefficient (Wildman–Crippen LogP) is 5.69. The van der Waals surface area contributed by atoms with Crippen LogP contribution in [0.1, 0.15) is 43.4 Å². The van der Waals surface area contributed by atoms with Crippen LogP contribution in [-0.2, 0) is 10.2 Å². The van der Waals surface area contributed by atoms with Crippen molar-refractivity contribution < 1.29 is 28.6 Å². The van der Waals surface area contributed by atoms with Crippen molar-refractivity contribution in [2.24, 2.45) is 5.92 Å². The molecule has 1 N–H and O–H groups in total. The van der Waals surface area contributed by atoms with E-state index in [2.05, 4.69) is 5.32 Å². The molecule has 44 heavy (non-hydrogen) atoms. The summed E-state index contributed by atoms with van der Waals surface area (Å²) in [6.45, 7) is 0. The first kappa shape index (κ1) is 27.5. The number of nitrogens with zero attached hydrogens (tertiary/aromatic N) is 1. The molecule has 3 aliphatic heterocycles. The number of carbonyl (C=O) groups excluding carboxylic acids is 3. The normalized spacial score (nSPS) is 22.6. The third kappa shape index (κ3) is 3.80. The maximum Gasteiger partial charge on any atom is 0.238 e. The molecule has 3 aliphatic rings. The van der Waals surface area contributed by atoms with E-state index in [-0.39, 0.29) is 17.5 Å². The molecule has 7 rings (SSSR count). The zero-order valence-corrected chi connectivity index (χ0v) is 24.4. The molecule has 0 radical (unpaired) electrons. The number of carbonyl (C=O) groups is 3. The summed E-state index contributed by atoms with van der Waals surface area (Å²) < 4.78 is 16.4. The monoisotopic (exact) mass is 586 g/mol. The number of benzene rings is 4. The molecule has 8 heteroatoms. The fourth-order valence-electron chi connectivity index (χ4n) is 7.28. The number of para-hydroxylation sites is 1. The van der Waals surface area contributed by atoms with E-state index in [0.29, 0.717) is 39.6 Å². The first-order chi connectivity index (χ1) is 21.4. The van der Waals surface area contributed by atoms with Gasteiger partial charge in [0.1, 0.15) is 17.2 Å². The number of amides is 1. The Morgan fingerprint density at radius 1 is 0.773 bits per heavy atom. The number of hydrogen-bond donors (Lipinski definition) is 1. The maximum atomic E-state index is 15.1. The van der Waals surface area contributed by atoms with E-state index in [1.807, 2.05) is 65.7 Å². The number of fused-ring (bicyclic) bond motifs is 6. The third-order valence-electron chi connectivity index (χ3n) is 9.14. The van der Waals surface area contributed by atoms with Crippen molar-refractivity contribution in [2.75, 3.05) is 26.6 Å². The van der Waals surface area contributed by atoms with Crippen molar-refractivity contribution in [1.82, 2.24) is 4.90 Å². The Bertz CT molecular complexity index is 1870. The van der Waals surface area contributed by atoms with E-state index in [4.69, 9.17) is 14.2 Å². The van der Waals surface area contributed by atoms with Crippen LogP contribution in [0.2, 0.25) is 0 Å². The van der Waals surface area contributed by atoms with Gasteiger partial charge in [0.15, 0.2) is 23.1 Å². The van der Waals surface area contributed by atoms with Gasteiger partial charge in [-0.2, -0.15) is 0 Å². The number of rotatable bonds is 7. The SMILES string of the molecule is COc1cccc(C(=O)[C@@H]2[C@H](C(=O)c3ccc(OC)c(OC)c3)[C@]3(C(=O)Nc4ccccc43)[C@H]3c4ccccc4C=CN23)c1. The highest BCUT2D eigenvalue weighted by Gasteiger charge is 2.70. The maximum absolute atomic E-state index is 15.1. The van der Waals surface area contributed by atoms with Crippen LogP contribution in [0.3, 0.4) is 0 Å². The van der Waals surface area contributed by atoms with Crippen molar-refractivity contribution in [3.63, 3.8) is 0 Å². The summed E-state index contributed by atoms with van der Waals surface area (Å²) in [7, 11) is 4.56. The van der Waals surface area contributed by atoms with Gasteiger partial charge in [-0.15, -0.1) is 0 Å². The fraction of sp³-hybridized carbons (Fsp3) is 0.194. The highest BCUT2D eigenvalue weighted by Crippen LogP contribution is 2.62. The summed E-state index contributed by atoms with van der Waals surface area (Å²) in [6, 6.07) is 25.4. The molecule has 1 fully saturated rings. The van der Waals surface area contributed by atoms with Gasteiger partial charge in [-0.05, 0) is 59.2 Å². The van der Waals surface area contributed by atoms with Crippen LogP contribution < -0.4 is 19.5 Å². The van der Waals surface area contributed by atoms with E-state index in [1.165, 1.54) is 21.3 Å². The molecule has 0 aromatic heterocycles. The molecule has 0 aliphatic carbocycles. The number of methoxy groups -OCH3 is 3. The number of anilines is 1. The van der Waals surface area contributed by atoms with E-state index in [9.17, 15) is 9.59 Å². The largest absolute Gasteiger partial charge is 0.497 e. The molecule has 4 aromatic carbocycles. The molecule has 4 aromatic rings. The number of nitrogens with one attached hydrogen (secondary N) is 1. The third-order valence-corrected chi connectivity index (χ3v) is 9.14. The molecule has 1 saturated heterocycles. The standard InChI is InChI=1S/C36H30N2O6/c1-42-24-11-8-10-22(19-24)33(40)31-30(32(39)23-15-16-28(43-2)29(20-23)44-3)36(26-13-6-7-14-27(26)37-35(36)41)34-25-12-5-4-9-21(25)17-18-38(31)34/h4-20,30-31,34H,1-3H3,(H,37,41)/t30-,31+,34-,36+/m1/s1. The van der Waals surface area contributed by atoms with E-state index in [0.717, 1.165) is 11.1 Å². The minimum absolute atomic E-state index is 0.286. The smallest absolute Gasteiger partial charge is 0.238 e. The number of ketones is 2. The first-order valence-electron chi connectivity index (χ1n) is 14.3. The van der Waals surface area contributed by atoms with Crippen LogP contribution in [0.5, 0.6) is 17.2 Å². The highest BCUT2D eigenvalue weighted by molar-refractivity contribution is 6.16. The van der Waals surface area contributed by atoms with Crippen molar-refractivity contribution >= 4 is 29.2 Å². The molecule has 1 spiro atoms. The van der Waals surface area contributed by atoms with Gasteiger partial charge in [0.2, 0.25) is 5.91 Å². The lowest BCUT2D eigenvalue weighted by Crippen LogP contribution is -2.49. The number of hydrogen-bond acceptors (Lipinski definition) is 7. The summed E-state index contributed by atoms with van der Waals surface area (Å²) in [6.07, 6.45) is 3.79. The van der Waals surface area contributed by atoms with Crippen molar-refractivity contribution in [3.05, 3.63) is 125 Å². The quantitative estimate of drug-likeness (QED) is 0.278. The Balaban J connectivity index is 1.52. The highest BCUT2D eigenvalue weighted by atomic mass is 16.5. The van der Waals surface area contributed by atoms with Gasteiger partial charge in [-0.25, -0.2) is 0 Å². The lowest BCUT2D eigenvalue weighted by molar-refractivity contribution is -0.122. The second kappa shape index (κ2) is 10.4. The molecule has 1 amide bonds. The molecule has 220 valence electrons. The minimum atomic E-state index is -1.43. The van der Waals surface area contributed by atoms with Crippen LogP contribution in [-0.4, -0.2) is 49.7 Å². The fourth-order valence-corrected chi connectivity index (χ4v) is 7.28. The first-order valence-corrected chi connectivity index (χ1v) is 14.3. The lowest BCUT2D eigenvalue weighted by Gasteiger charge is -2.38. The van der Waals surface area contributed by atoms with Gasteiger partial charge in [0.25, 0.3) is 0 Å². The van der Waals surface area contributed by atoms with Crippen LogP contribution in [0.15, 0.2) is 97.2 Å². The Morgan fingerprint density at radius 2 is 1.52 bits per heavy atom. The van der Waals surface area contributed by atoms with Crippen LogP contribution in [0.4, 0.5) is 5.69 Å².